The van der Waals surface area contributed by atoms with Gasteiger partial charge in [-0.2, -0.15) is 0 Å². The Bertz CT molecular complexity index is 681. The number of amides is 3. The Balaban J connectivity index is 2.53. The first-order valence-corrected chi connectivity index (χ1v) is 8.49. The van der Waals surface area contributed by atoms with Crippen LogP contribution in [0, 0.1) is 5.92 Å². The van der Waals surface area contributed by atoms with Crippen LogP contribution in [0.2, 0.25) is 0 Å². The van der Waals surface area contributed by atoms with Crippen molar-refractivity contribution in [3.05, 3.63) is 30.2 Å². The monoisotopic (exact) mass is 378 g/mol. The van der Waals surface area contributed by atoms with Crippen molar-refractivity contribution < 1.29 is 28.7 Å². The first-order valence-electron chi connectivity index (χ1n) is 8.49. The summed E-state index contributed by atoms with van der Waals surface area (Å²) in [4.78, 5) is 46.6. The normalized spacial score (nSPS) is 13.2. The van der Waals surface area contributed by atoms with E-state index in [2.05, 4.69) is 16.0 Å². The second-order valence-electron chi connectivity index (χ2n) is 6.37. The van der Waals surface area contributed by atoms with E-state index in [4.69, 9.17) is 4.42 Å². The van der Waals surface area contributed by atoms with E-state index in [-0.39, 0.29) is 12.5 Å². The second-order valence-corrected chi connectivity index (χ2v) is 6.37. The smallest absolute Gasteiger partial charge is 0.244 e. The summed E-state index contributed by atoms with van der Waals surface area (Å²) in [5, 5.41) is 17.9. The predicted molar refractivity (Wildman–Crippen MR) is 94.7 cm³/mol. The third-order valence-electron chi connectivity index (χ3n) is 3.44. The van der Waals surface area contributed by atoms with Crippen LogP contribution in [-0.2, 0) is 19.2 Å². The standard InChI is InChI=1S/C18H25N3O6/c1-11(2)9-14(17(24)20-12(3)18(25)26)21-16(23)10-19-15(22)7-6-13-5-4-8-27-13/h4-8,11-12,14H,9-10H2,1-3H3,(H,19,22)(H,20,24)(H,21,23)(H,25,26)/p-1/b7-6+/t12-,14-/m0/s1. The van der Waals surface area contributed by atoms with Gasteiger partial charge < -0.3 is 30.3 Å². The summed E-state index contributed by atoms with van der Waals surface area (Å²) in [5.41, 5.74) is 0. The highest BCUT2D eigenvalue weighted by molar-refractivity contribution is 5.95. The fraction of sp³-hybridized carbons (Fsp3) is 0.444. The lowest BCUT2D eigenvalue weighted by Gasteiger charge is -2.23. The van der Waals surface area contributed by atoms with Crippen molar-refractivity contribution in [3.63, 3.8) is 0 Å². The summed E-state index contributed by atoms with van der Waals surface area (Å²) < 4.78 is 5.04. The third-order valence-corrected chi connectivity index (χ3v) is 3.44. The lowest BCUT2D eigenvalue weighted by molar-refractivity contribution is -0.307. The molecule has 0 saturated carbocycles. The summed E-state index contributed by atoms with van der Waals surface area (Å²) in [6, 6.07) is 1.23. The van der Waals surface area contributed by atoms with Crippen LogP contribution in [-0.4, -0.2) is 42.3 Å². The fourth-order valence-corrected chi connectivity index (χ4v) is 2.09. The molecule has 0 aliphatic rings. The molecule has 148 valence electrons. The molecule has 9 heteroatoms. The number of furan rings is 1. The average Bonchev–Trinajstić information content (AvgIpc) is 3.10. The minimum absolute atomic E-state index is 0.0742. The molecule has 0 aromatic carbocycles. The van der Waals surface area contributed by atoms with Gasteiger partial charge in [0, 0.05) is 6.08 Å². The molecule has 1 heterocycles. The zero-order chi connectivity index (χ0) is 20.4. The molecule has 0 bridgehead atoms. The van der Waals surface area contributed by atoms with E-state index in [0.29, 0.717) is 12.2 Å². The molecule has 2 atom stereocenters. The number of carboxylic acid groups (broad SMARTS) is 1. The van der Waals surface area contributed by atoms with Gasteiger partial charge >= 0.3 is 0 Å². The Labute approximate surface area is 157 Å². The van der Waals surface area contributed by atoms with Gasteiger partial charge in [-0.3, -0.25) is 14.4 Å². The van der Waals surface area contributed by atoms with Gasteiger partial charge in [0.2, 0.25) is 17.7 Å². The molecular weight excluding hydrogens is 354 g/mol. The van der Waals surface area contributed by atoms with Crippen molar-refractivity contribution in [2.24, 2.45) is 5.92 Å². The maximum atomic E-state index is 12.2. The topological polar surface area (TPSA) is 141 Å². The van der Waals surface area contributed by atoms with Crippen molar-refractivity contribution in [1.82, 2.24) is 16.0 Å². The summed E-state index contributed by atoms with van der Waals surface area (Å²) >= 11 is 0. The maximum Gasteiger partial charge on any atom is 0.244 e. The predicted octanol–water partition coefficient (Wildman–Crippen LogP) is -0.805. The Kier molecular flexibility index (Phi) is 8.77. The molecule has 9 nitrogen and oxygen atoms in total. The number of nitrogens with one attached hydrogen (secondary N) is 3. The molecule has 0 aliphatic heterocycles. The van der Waals surface area contributed by atoms with Crippen LogP contribution >= 0.6 is 0 Å². The highest BCUT2D eigenvalue weighted by Gasteiger charge is 2.23. The summed E-state index contributed by atoms with van der Waals surface area (Å²) in [6.07, 6.45) is 4.44. The van der Waals surface area contributed by atoms with Gasteiger partial charge in [-0.15, -0.1) is 0 Å². The number of rotatable bonds is 10. The number of carbonyl (C=O) groups excluding carboxylic acids is 4. The molecule has 3 amide bonds. The molecule has 0 unspecified atom stereocenters. The molecule has 27 heavy (non-hydrogen) atoms. The van der Waals surface area contributed by atoms with Gasteiger partial charge in [0.05, 0.1) is 24.8 Å². The number of hydrogen-bond donors (Lipinski definition) is 3. The Hall–Kier alpha value is -3.10. The zero-order valence-corrected chi connectivity index (χ0v) is 15.5. The number of hydrogen-bond acceptors (Lipinski definition) is 6. The SMILES string of the molecule is CC(C)C[C@H](NC(=O)CNC(=O)/C=C/c1ccco1)C(=O)N[C@@H](C)C(=O)[O-]. The van der Waals surface area contributed by atoms with Gasteiger partial charge in [-0.1, -0.05) is 13.8 Å². The number of carboxylic acids is 1. The van der Waals surface area contributed by atoms with Gasteiger partial charge in [-0.05, 0) is 37.5 Å². The molecule has 1 aromatic rings. The lowest BCUT2D eigenvalue weighted by atomic mass is 10.0. The molecule has 0 saturated heterocycles. The van der Waals surface area contributed by atoms with Crippen LogP contribution in [0.15, 0.2) is 28.9 Å². The molecule has 0 fully saturated rings. The Morgan fingerprint density at radius 2 is 1.89 bits per heavy atom. The van der Waals surface area contributed by atoms with Crippen molar-refractivity contribution in [2.75, 3.05) is 6.54 Å². The van der Waals surface area contributed by atoms with E-state index < -0.39 is 35.8 Å². The fourth-order valence-electron chi connectivity index (χ4n) is 2.09. The number of carbonyl (C=O) groups is 4. The van der Waals surface area contributed by atoms with E-state index >= 15 is 0 Å². The first-order chi connectivity index (χ1) is 12.7. The Morgan fingerprint density at radius 3 is 2.44 bits per heavy atom. The zero-order valence-electron chi connectivity index (χ0n) is 15.5. The van der Waals surface area contributed by atoms with Crippen LogP contribution in [0.25, 0.3) is 6.08 Å². The molecule has 3 N–H and O–H groups in total. The maximum absolute atomic E-state index is 12.2. The van der Waals surface area contributed by atoms with E-state index in [1.807, 2.05) is 13.8 Å². The van der Waals surface area contributed by atoms with E-state index in [1.54, 1.807) is 12.1 Å². The highest BCUT2D eigenvalue weighted by atomic mass is 16.4. The van der Waals surface area contributed by atoms with Crippen LogP contribution in [0.1, 0.15) is 33.0 Å². The summed E-state index contributed by atoms with van der Waals surface area (Å²) in [7, 11) is 0. The molecule has 0 radical (unpaired) electrons. The van der Waals surface area contributed by atoms with Crippen LogP contribution < -0.4 is 21.1 Å². The van der Waals surface area contributed by atoms with Crippen molar-refractivity contribution in [3.8, 4) is 0 Å². The van der Waals surface area contributed by atoms with Gasteiger partial charge in [0.15, 0.2) is 0 Å². The second kappa shape index (κ2) is 10.8. The molecular formula is C18H24N3O6-. The van der Waals surface area contributed by atoms with Crippen LogP contribution in [0.3, 0.4) is 0 Å². The van der Waals surface area contributed by atoms with Crippen LogP contribution in [0.5, 0.6) is 0 Å². The van der Waals surface area contributed by atoms with Gasteiger partial charge in [0.25, 0.3) is 0 Å². The number of aliphatic carboxylic acids is 1. The minimum Gasteiger partial charge on any atom is -0.548 e. The quantitative estimate of drug-likeness (QED) is 0.455. The lowest BCUT2D eigenvalue weighted by Crippen LogP contribution is -2.54. The Morgan fingerprint density at radius 1 is 1.19 bits per heavy atom. The van der Waals surface area contributed by atoms with Crippen molar-refractivity contribution in [1.29, 1.82) is 0 Å². The molecule has 0 aliphatic carbocycles. The summed E-state index contributed by atoms with van der Waals surface area (Å²) in [5.74, 6) is -2.56. The molecule has 1 aromatic heterocycles. The van der Waals surface area contributed by atoms with Gasteiger partial charge in [-0.25, -0.2) is 0 Å². The summed E-state index contributed by atoms with van der Waals surface area (Å²) in [6.45, 7) is 4.65. The highest BCUT2D eigenvalue weighted by Crippen LogP contribution is 2.05. The molecule has 0 spiro atoms. The van der Waals surface area contributed by atoms with E-state index in [1.165, 1.54) is 25.3 Å². The van der Waals surface area contributed by atoms with Crippen molar-refractivity contribution >= 4 is 29.8 Å². The first kappa shape index (κ1) is 21.9. The third kappa shape index (κ3) is 8.70. The van der Waals surface area contributed by atoms with E-state index in [9.17, 15) is 24.3 Å². The van der Waals surface area contributed by atoms with Crippen molar-refractivity contribution in [2.45, 2.75) is 39.3 Å². The minimum atomic E-state index is -1.42. The van der Waals surface area contributed by atoms with Gasteiger partial charge in [0.1, 0.15) is 11.8 Å². The van der Waals surface area contributed by atoms with E-state index in [0.717, 1.165) is 0 Å². The molecule has 1 rings (SSSR count). The average molecular weight is 378 g/mol. The largest absolute Gasteiger partial charge is 0.548 e. The van der Waals surface area contributed by atoms with Crippen LogP contribution in [0.4, 0.5) is 0 Å².